The first-order valence-corrected chi connectivity index (χ1v) is 5.16. The van der Waals surface area contributed by atoms with Gasteiger partial charge in [0.2, 0.25) is 0 Å². The number of Topliss-reactive ketones (excluding diaryl/α,β-unsaturated/α-hetero) is 1. The number of carbonyl (C=O) groups is 2. The second-order valence-electron chi connectivity index (χ2n) is 3.37. The Balaban J connectivity index is 3.43. The molecule has 0 aliphatic carbocycles. The number of nitrogens with two attached hydrogens (primary N) is 1. The Bertz CT molecular complexity index is 445. The van der Waals surface area contributed by atoms with Gasteiger partial charge in [-0.25, -0.2) is 4.79 Å². The van der Waals surface area contributed by atoms with E-state index in [0.29, 0.717) is 0 Å². The SMILES string of the molecule is COC(=O)c1cc(OC)c(C(=O)CN)c(OC)c1. The van der Waals surface area contributed by atoms with E-state index in [4.69, 9.17) is 15.2 Å². The Morgan fingerprint density at radius 2 is 1.61 bits per heavy atom. The molecule has 1 rings (SSSR count). The lowest BCUT2D eigenvalue weighted by atomic mass is 10.0. The van der Waals surface area contributed by atoms with E-state index in [1.807, 2.05) is 0 Å². The lowest BCUT2D eigenvalue weighted by molar-refractivity contribution is 0.0599. The molecule has 0 heterocycles. The van der Waals surface area contributed by atoms with Crippen LogP contribution >= 0.6 is 0 Å². The van der Waals surface area contributed by atoms with Gasteiger partial charge < -0.3 is 19.9 Å². The fourth-order valence-electron chi connectivity index (χ4n) is 1.52. The number of carbonyl (C=O) groups excluding carboxylic acids is 2. The monoisotopic (exact) mass is 253 g/mol. The van der Waals surface area contributed by atoms with E-state index in [-0.39, 0.29) is 35.0 Å². The molecule has 0 atom stereocenters. The summed E-state index contributed by atoms with van der Waals surface area (Å²) in [5.41, 5.74) is 5.78. The minimum atomic E-state index is -0.543. The van der Waals surface area contributed by atoms with Crippen molar-refractivity contribution >= 4 is 11.8 Å². The van der Waals surface area contributed by atoms with Gasteiger partial charge in [-0.2, -0.15) is 0 Å². The molecular formula is C12H15NO5. The van der Waals surface area contributed by atoms with Gasteiger partial charge in [-0.1, -0.05) is 0 Å². The van der Waals surface area contributed by atoms with Gasteiger partial charge in [-0.05, 0) is 12.1 Å². The predicted molar refractivity (Wildman–Crippen MR) is 64.3 cm³/mol. The summed E-state index contributed by atoms with van der Waals surface area (Å²) in [6.07, 6.45) is 0. The van der Waals surface area contributed by atoms with Gasteiger partial charge in [0.25, 0.3) is 0 Å². The number of ether oxygens (including phenoxy) is 3. The van der Waals surface area contributed by atoms with Crippen LogP contribution in [0.15, 0.2) is 12.1 Å². The number of benzene rings is 1. The van der Waals surface area contributed by atoms with Crippen LogP contribution in [-0.2, 0) is 4.74 Å². The Hall–Kier alpha value is -2.08. The first-order chi connectivity index (χ1) is 8.58. The maximum Gasteiger partial charge on any atom is 0.338 e. The minimum Gasteiger partial charge on any atom is -0.496 e. The van der Waals surface area contributed by atoms with E-state index in [2.05, 4.69) is 4.74 Å². The van der Waals surface area contributed by atoms with Crippen LogP contribution in [0.1, 0.15) is 20.7 Å². The molecule has 1 aromatic rings. The normalized spacial score (nSPS) is 9.78. The Labute approximate surface area is 105 Å². The molecule has 6 heteroatoms. The quantitative estimate of drug-likeness (QED) is 0.611. The fourth-order valence-corrected chi connectivity index (χ4v) is 1.52. The average molecular weight is 253 g/mol. The molecule has 1 aromatic carbocycles. The van der Waals surface area contributed by atoms with Gasteiger partial charge in [0.1, 0.15) is 17.1 Å². The third-order valence-electron chi connectivity index (χ3n) is 2.39. The Morgan fingerprint density at radius 1 is 1.11 bits per heavy atom. The van der Waals surface area contributed by atoms with Crippen molar-refractivity contribution in [2.45, 2.75) is 0 Å². The van der Waals surface area contributed by atoms with Gasteiger partial charge in [-0.15, -0.1) is 0 Å². The van der Waals surface area contributed by atoms with Gasteiger partial charge in [-0.3, -0.25) is 4.79 Å². The van der Waals surface area contributed by atoms with E-state index >= 15 is 0 Å². The van der Waals surface area contributed by atoms with Crippen LogP contribution in [0.3, 0.4) is 0 Å². The topological polar surface area (TPSA) is 87.9 Å². The third-order valence-corrected chi connectivity index (χ3v) is 2.39. The molecule has 0 bridgehead atoms. The van der Waals surface area contributed by atoms with Crippen molar-refractivity contribution in [3.05, 3.63) is 23.3 Å². The lowest BCUT2D eigenvalue weighted by Crippen LogP contribution is -2.16. The average Bonchev–Trinajstić information content (AvgIpc) is 2.43. The summed E-state index contributed by atoms with van der Waals surface area (Å²) >= 11 is 0. The fraction of sp³-hybridized carbons (Fsp3) is 0.333. The zero-order chi connectivity index (χ0) is 13.7. The van der Waals surface area contributed by atoms with Crippen molar-refractivity contribution in [1.82, 2.24) is 0 Å². The van der Waals surface area contributed by atoms with Crippen LogP contribution in [0.5, 0.6) is 11.5 Å². The molecule has 6 nitrogen and oxygen atoms in total. The molecule has 2 N–H and O–H groups in total. The van der Waals surface area contributed by atoms with Crippen LogP contribution < -0.4 is 15.2 Å². The van der Waals surface area contributed by atoms with Gasteiger partial charge >= 0.3 is 5.97 Å². The van der Waals surface area contributed by atoms with Crippen LogP contribution in [-0.4, -0.2) is 39.6 Å². The summed E-state index contributed by atoms with van der Waals surface area (Å²) in [4.78, 5) is 23.2. The Kier molecular flexibility index (Phi) is 4.67. The number of esters is 1. The highest BCUT2D eigenvalue weighted by atomic mass is 16.5. The minimum absolute atomic E-state index is 0.176. The molecule has 0 spiro atoms. The summed E-state index contributed by atoms with van der Waals surface area (Å²) in [6, 6.07) is 2.83. The van der Waals surface area contributed by atoms with Crippen molar-refractivity contribution in [2.75, 3.05) is 27.9 Å². The molecule has 18 heavy (non-hydrogen) atoms. The molecule has 0 fully saturated rings. The Morgan fingerprint density at radius 3 is 1.94 bits per heavy atom. The summed E-state index contributed by atoms with van der Waals surface area (Å²) in [7, 11) is 4.05. The van der Waals surface area contributed by atoms with Gasteiger partial charge in [0.05, 0.1) is 33.4 Å². The number of hydrogen-bond acceptors (Lipinski definition) is 6. The summed E-state index contributed by atoms with van der Waals surface area (Å²) in [5, 5.41) is 0. The summed E-state index contributed by atoms with van der Waals surface area (Å²) in [6.45, 7) is -0.176. The third kappa shape index (κ3) is 2.60. The molecule has 98 valence electrons. The first kappa shape index (κ1) is 14.0. The van der Waals surface area contributed by atoms with Crippen molar-refractivity contribution < 1.29 is 23.8 Å². The molecule has 0 aromatic heterocycles. The molecule has 0 saturated carbocycles. The molecule has 0 aliphatic rings. The number of ketones is 1. The smallest absolute Gasteiger partial charge is 0.338 e. The lowest BCUT2D eigenvalue weighted by Gasteiger charge is -2.13. The first-order valence-electron chi connectivity index (χ1n) is 5.16. The molecule has 0 unspecified atom stereocenters. The number of rotatable bonds is 5. The van der Waals surface area contributed by atoms with Crippen LogP contribution in [0.4, 0.5) is 0 Å². The molecule has 0 radical (unpaired) electrons. The van der Waals surface area contributed by atoms with Gasteiger partial charge in [0, 0.05) is 0 Å². The highest BCUT2D eigenvalue weighted by Crippen LogP contribution is 2.31. The second-order valence-corrected chi connectivity index (χ2v) is 3.37. The standard InChI is InChI=1S/C12H15NO5/c1-16-9-4-7(12(15)18-3)5-10(17-2)11(9)8(14)6-13/h4-5H,6,13H2,1-3H3. The highest BCUT2D eigenvalue weighted by molar-refractivity contribution is 6.04. The molecular weight excluding hydrogens is 238 g/mol. The zero-order valence-corrected chi connectivity index (χ0v) is 10.5. The van der Waals surface area contributed by atoms with Crippen molar-refractivity contribution in [3.8, 4) is 11.5 Å². The number of hydrogen-bond donors (Lipinski definition) is 1. The largest absolute Gasteiger partial charge is 0.496 e. The van der Waals surface area contributed by atoms with E-state index in [0.717, 1.165) is 0 Å². The van der Waals surface area contributed by atoms with Crippen molar-refractivity contribution in [2.24, 2.45) is 5.73 Å². The maximum atomic E-state index is 11.7. The molecule has 0 aliphatic heterocycles. The second kappa shape index (κ2) is 6.02. The molecule has 0 saturated heterocycles. The zero-order valence-electron chi connectivity index (χ0n) is 10.5. The van der Waals surface area contributed by atoms with E-state index < -0.39 is 5.97 Å². The number of methoxy groups -OCH3 is 3. The summed E-state index contributed by atoms with van der Waals surface area (Å²) in [5.74, 6) is -0.422. The highest BCUT2D eigenvalue weighted by Gasteiger charge is 2.21. The van der Waals surface area contributed by atoms with E-state index in [1.165, 1.54) is 33.5 Å². The summed E-state index contributed by atoms with van der Waals surface area (Å²) < 4.78 is 14.8. The van der Waals surface area contributed by atoms with Crippen LogP contribution in [0.2, 0.25) is 0 Å². The van der Waals surface area contributed by atoms with E-state index in [1.54, 1.807) is 0 Å². The van der Waals surface area contributed by atoms with Crippen molar-refractivity contribution in [3.63, 3.8) is 0 Å². The molecule has 0 amide bonds. The predicted octanol–water partition coefficient (Wildman–Crippen LogP) is 0.632. The maximum absolute atomic E-state index is 11.7. The van der Waals surface area contributed by atoms with Gasteiger partial charge in [0.15, 0.2) is 5.78 Å². The van der Waals surface area contributed by atoms with Crippen LogP contribution in [0.25, 0.3) is 0 Å². The van der Waals surface area contributed by atoms with Crippen LogP contribution in [0, 0.1) is 0 Å². The van der Waals surface area contributed by atoms with E-state index in [9.17, 15) is 9.59 Å². The van der Waals surface area contributed by atoms with Crippen molar-refractivity contribution in [1.29, 1.82) is 0 Å².